The highest BCUT2D eigenvalue weighted by Gasteiger charge is 2.26. The number of hydrogen-bond donors (Lipinski definition) is 2. The maximum absolute atomic E-state index is 12.7. The third-order valence-electron chi connectivity index (χ3n) is 14.0. The quantitative estimate of drug-likeness (QED) is 0.0264. The molecule has 0 heterocycles. The number of esters is 2. The zero-order chi connectivity index (χ0) is 56.6. The summed E-state index contributed by atoms with van der Waals surface area (Å²) < 4.78 is 33.1. The summed E-state index contributed by atoms with van der Waals surface area (Å²) >= 11 is 0. The molecule has 0 radical (unpaired) electrons. The van der Waals surface area contributed by atoms with Gasteiger partial charge in [-0.05, 0) is 70.6 Å². The molecule has 0 aromatic carbocycles. The van der Waals surface area contributed by atoms with Crippen molar-refractivity contribution in [1.82, 2.24) is 0 Å². The first kappa shape index (κ1) is 75.2. The van der Waals surface area contributed by atoms with Gasteiger partial charge in [-0.25, -0.2) is 4.57 Å². The number of hydrogen-bond acceptors (Lipinski definition) is 8. The molecule has 0 saturated carbocycles. The molecule has 0 aliphatic rings. The zero-order valence-electron chi connectivity index (χ0n) is 50.6. The Kier molecular flexibility index (Phi) is 61.1. The van der Waals surface area contributed by atoms with E-state index in [1.54, 1.807) is 0 Å². The van der Waals surface area contributed by atoms with Gasteiger partial charge in [-0.3, -0.25) is 18.6 Å². The first-order valence-electron chi connectivity index (χ1n) is 32.6. The van der Waals surface area contributed by atoms with Crippen LogP contribution in [-0.2, 0) is 32.7 Å². The van der Waals surface area contributed by atoms with Crippen LogP contribution in [0.25, 0.3) is 0 Å². The Hall–Kier alpha value is -2.81. The minimum atomic E-state index is -4.39. The molecule has 2 atom stereocenters. The molecular formula is C68H122NO8P. The lowest BCUT2D eigenvalue weighted by atomic mass is 10.0. The summed E-state index contributed by atoms with van der Waals surface area (Å²) in [6.45, 7) is 3.67. The average molecular weight is 1110 g/mol. The number of ether oxygens (including phenoxy) is 2. The predicted octanol–water partition coefficient (Wildman–Crippen LogP) is 21.0. The molecule has 0 aliphatic carbocycles. The van der Waals surface area contributed by atoms with Crippen molar-refractivity contribution in [3.63, 3.8) is 0 Å². The van der Waals surface area contributed by atoms with Crippen LogP contribution >= 0.6 is 7.82 Å². The molecule has 0 amide bonds. The fourth-order valence-corrected chi connectivity index (χ4v) is 10.0. The molecule has 0 aliphatic heterocycles. The molecule has 2 unspecified atom stereocenters. The fraction of sp³-hybridized carbons (Fsp3) is 0.765. The SMILES string of the molecule is CC/C=C\C/C=C\C/C=C\C/C=C\C/C=C\C/C=C\C/C=C\CCCCCCCCCCCCCC(=O)OC(COC(=O)CCCCCCCCCCCCCCCCCCCCCCCCCC)COP(=O)(O)OCCN. The van der Waals surface area contributed by atoms with E-state index in [2.05, 4.69) is 98.9 Å². The Morgan fingerprint density at radius 1 is 0.397 bits per heavy atom. The summed E-state index contributed by atoms with van der Waals surface area (Å²) in [4.78, 5) is 35.3. The maximum Gasteiger partial charge on any atom is 0.472 e. The highest BCUT2D eigenvalue weighted by atomic mass is 31.2. The van der Waals surface area contributed by atoms with Crippen molar-refractivity contribution in [2.45, 2.75) is 309 Å². The van der Waals surface area contributed by atoms with Gasteiger partial charge >= 0.3 is 19.8 Å². The van der Waals surface area contributed by atoms with Gasteiger partial charge in [-0.1, -0.05) is 304 Å². The molecule has 10 heteroatoms. The lowest BCUT2D eigenvalue weighted by Crippen LogP contribution is -2.29. The highest BCUT2D eigenvalue weighted by Crippen LogP contribution is 2.43. The van der Waals surface area contributed by atoms with Crippen molar-refractivity contribution in [1.29, 1.82) is 0 Å². The second-order valence-corrected chi connectivity index (χ2v) is 23.1. The van der Waals surface area contributed by atoms with Crippen molar-refractivity contribution in [2.75, 3.05) is 26.4 Å². The fourth-order valence-electron chi connectivity index (χ4n) is 9.27. The largest absolute Gasteiger partial charge is 0.472 e. The van der Waals surface area contributed by atoms with Gasteiger partial charge < -0.3 is 20.1 Å². The van der Waals surface area contributed by atoms with Gasteiger partial charge in [0.2, 0.25) is 0 Å². The van der Waals surface area contributed by atoms with Gasteiger partial charge in [0.05, 0.1) is 13.2 Å². The van der Waals surface area contributed by atoms with E-state index in [1.807, 2.05) is 0 Å². The number of carbonyl (C=O) groups is 2. The summed E-state index contributed by atoms with van der Waals surface area (Å²) in [5.74, 6) is -0.821. The summed E-state index contributed by atoms with van der Waals surface area (Å²) in [6.07, 6.45) is 83.7. The van der Waals surface area contributed by atoms with E-state index in [0.29, 0.717) is 6.42 Å². The second kappa shape index (κ2) is 63.4. The number of phosphoric ester groups is 1. The molecule has 0 rings (SSSR count). The van der Waals surface area contributed by atoms with E-state index in [4.69, 9.17) is 24.3 Å². The van der Waals surface area contributed by atoms with Crippen LogP contribution in [0.3, 0.4) is 0 Å². The van der Waals surface area contributed by atoms with E-state index < -0.39 is 26.5 Å². The van der Waals surface area contributed by atoms with E-state index >= 15 is 0 Å². The molecule has 3 N–H and O–H groups in total. The van der Waals surface area contributed by atoms with Crippen LogP contribution in [0.15, 0.2) is 85.1 Å². The number of allylic oxidation sites excluding steroid dienone is 14. The first-order chi connectivity index (χ1) is 38.3. The Morgan fingerprint density at radius 2 is 0.705 bits per heavy atom. The van der Waals surface area contributed by atoms with Gasteiger partial charge in [-0.2, -0.15) is 0 Å². The van der Waals surface area contributed by atoms with Crippen molar-refractivity contribution in [3.05, 3.63) is 85.1 Å². The number of phosphoric acid groups is 1. The highest BCUT2D eigenvalue weighted by molar-refractivity contribution is 7.47. The van der Waals surface area contributed by atoms with Crippen LogP contribution in [-0.4, -0.2) is 49.3 Å². The van der Waals surface area contributed by atoms with E-state index in [0.717, 1.165) is 89.9 Å². The van der Waals surface area contributed by atoms with Crippen LogP contribution in [0.1, 0.15) is 303 Å². The molecule has 0 aromatic heterocycles. The van der Waals surface area contributed by atoms with Crippen LogP contribution in [0.5, 0.6) is 0 Å². The summed E-state index contributed by atoms with van der Waals surface area (Å²) in [7, 11) is -4.39. The minimum Gasteiger partial charge on any atom is -0.462 e. The van der Waals surface area contributed by atoms with Gasteiger partial charge in [-0.15, -0.1) is 0 Å². The van der Waals surface area contributed by atoms with Gasteiger partial charge in [0, 0.05) is 19.4 Å². The lowest BCUT2D eigenvalue weighted by Gasteiger charge is -2.19. The average Bonchev–Trinajstić information content (AvgIpc) is 3.43. The summed E-state index contributed by atoms with van der Waals surface area (Å²) in [5.41, 5.74) is 5.39. The predicted molar refractivity (Wildman–Crippen MR) is 335 cm³/mol. The summed E-state index contributed by atoms with van der Waals surface area (Å²) in [5, 5.41) is 0. The van der Waals surface area contributed by atoms with Crippen LogP contribution in [0.2, 0.25) is 0 Å². The van der Waals surface area contributed by atoms with Crippen LogP contribution < -0.4 is 5.73 Å². The third-order valence-corrected chi connectivity index (χ3v) is 15.0. The molecular weight excluding hydrogens is 990 g/mol. The van der Waals surface area contributed by atoms with Crippen molar-refractivity contribution < 1.29 is 37.6 Å². The van der Waals surface area contributed by atoms with E-state index in [-0.39, 0.29) is 38.6 Å². The van der Waals surface area contributed by atoms with E-state index in [1.165, 1.54) is 180 Å². The monoisotopic (exact) mass is 1110 g/mol. The number of nitrogens with two attached hydrogens (primary N) is 1. The second-order valence-electron chi connectivity index (χ2n) is 21.6. The first-order valence-corrected chi connectivity index (χ1v) is 34.1. The lowest BCUT2D eigenvalue weighted by molar-refractivity contribution is -0.161. The van der Waals surface area contributed by atoms with Crippen molar-refractivity contribution in [2.24, 2.45) is 5.73 Å². The van der Waals surface area contributed by atoms with Crippen LogP contribution in [0.4, 0.5) is 0 Å². The molecule has 0 spiro atoms. The molecule has 0 saturated heterocycles. The molecule has 9 nitrogen and oxygen atoms in total. The van der Waals surface area contributed by atoms with Gasteiger partial charge in [0.25, 0.3) is 0 Å². The zero-order valence-corrected chi connectivity index (χ0v) is 51.5. The Balaban J connectivity index is 3.93. The number of unbranched alkanes of at least 4 members (excludes halogenated alkanes) is 34. The summed E-state index contributed by atoms with van der Waals surface area (Å²) in [6, 6.07) is 0. The van der Waals surface area contributed by atoms with E-state index in [9.17, 15) is 19.0 Å². The minimum absolute atomic E-state index is 0.0514. The molecule has 0 fully saturated rings. The standard InChI is InChI=1S/C68H122NO8P/c1-3-5-7-9-11-13-15-17-19-21-23-25-27-29-30-31-32-33-34-35-36-37-39-41-43-45-47-49-51-53-55-57-59-61-68(71)77-66(65-76-78(72,73)75-63-62-69)64-74-67(70)60-58-56-54-52-50-48-46-44-42-40-38-28-26-24-22-20-18-16-14-12-10-8-6-4-2/h5,7,11,13,17,19,23,25,29-30,32-33,35-36,66H,3-4,6,8-10,12,14-16,18,20-22,24,26-28,31,34,37-65,69H2,1-2H3,(H,72,73)/b7-5-,13-11-,19-17-,25-23-,30-29-,33-32-,36-35-. The maximum atomic E-state index is 12.7. The molecule has 0 aromatic rings. The van der Waals surface area contributed by atoms with Crippen molar-refractivity contribution >= 4 is 19.8 Å². The Bertz CT molecular complexity index is 1550. The van der Waals surface area contributed by atoms with Crippen LogP contribution in [0, 0.1) is 0 Å². The topological polar surface area (TPSA) is 134 Å². The molecule has 452 valence electrons. The van der Waals surface area contributed by atoms with Gasteiger partial charge in [0.1, 0.15) is 6.61 Å². The smallest absolute Gasteiger partial charge is 0.462 e. The third kappa shape index (κ3) is 62.4. The normalized spacial score (nSPS) is 13.5. The molecule has 78 heavy (non-hydrogen) atoms. The number of carbonyl (C=O) groups excluding carboxylic acids is 2. The van der Waals surface area contributed by atoms with Gasteiger partial charge in [0.15, 0.2) is 6.10 Å². The Labute approximate surface area is 481 Å². The number of rotatable bonds is 61. The van der Waals surface area contributed by atoms with Crippen molar-refractivity contribution in [3.8, 4) is 0 Å². The molecule has 0 bridgehead atoms. The Morgan fingerprint density at radius 3 is 1.05 bits per heavy atom.